The van der Waals surface area contributed by atoms with Crippen LogP contribution in [0.2, 0.25) is 0 Å². The number of rotatable bonds is 9. The molecule has 2 amide bonds. The SMILES string of the molecule is O=C(Cc1ccc(F)cc1)NCCNC(=O)c1nc(Cn2ccc([N+](=O)[O-])n2)no1. The lowest BCUT2D eigenvalue weighted by Gasteiger charge is -2.06. The number of halogens is 1. The van der Waals surface area contributed by atoms with Gasteiger partial charge < -0.3 is 25.3 Å². The van der Waals surface area contributed by atoms with Gasteiger partial charge in [0, 0.05) is 13.1 Å². The Bertz CT molecular complexity index is 1050. The van der Waals surface area contributed by atoms with Crippen molar-refractivity contribution in [2.24, 2.45) is 0 Å². The van der Waals surface area contributed by atoms with Gasteiger partial charge in [-0.3, -0.25) is 9.59 Å². The number of nitro groups is 1. The number of hydrogen-bond acceptors (Lipinski definition) is 8. The van der Waals surface area contributed by atoms with Crippen LogP contribution >= 0.6 is 0 Å². The van der Waals surface area contributed by atoms with Crippen LogP contribution < -0.4 is 10.6 Å². The Morgan fingerprint density at radius 3 is 2.60 bits per heavy atom. The molecule has 13 heteroatoms. The zero-order chi connectivity index (χ0) is 21.5. The minimum absolute atomic E-state index is 0.00986. The van der Waals surface area contributed by atoms with Crippen LogP contribution in [0.15, 0.2) is 41.1 Å². The summed E-state index contributed by atoms with van der Waals surface area (Å²) in [6, 6.07) is 6.80. The van der Waals surface area contributed by atoms with Gasteiger partial charge in [0.05, 0.1) is 23.8 Å². The van der Waals surface area contributed by atoms with E-state index in [9.17, 15) is 24.1 Å². The number of amides is 2. The number of carbonyl (C=O) groups is 2. The fourth-order valence-corrected chi connectivity index (χ4v) is 2.40. The Morgan fingerprint density at radius 1 is 1.17 bits per heavy atom. The molecule has 0 aliphatic carbocycles. The first-order chi connectivity index (χ1) is 14.4. The minimum atomic E-state index is -0.635. The Balaban J connectivity index is 1.40. The second-order valence-electron chi connectivity index (χ2n) is 6.05. The summed E-state index contributed by atoms with van der Waals surface area (Å²) >= 11 is 0. The average Bonchev–Trinajstić information content (AvgIpc) is 3.37. The minimum Gasteiger partial charge on any atom is -0.358 e. The maximum atomic E-state index is 12.8. The summed E-state index contributed by atoms with van der Waals surface area (Å²) in [7, 11) is 0. The van der Waals surface area contributed by atoms with E-state index in [1.165, 1.54) is 41.2 Å². The summed E-state index contributed by atoms with van der Waals surface area (Å²) in [4.78, 5) is 37.7. The van der Waals surface area contributed by atoms with E-state index in [0.717, 1.165) is 0 Å². The predicted octanol–water partition coefficient (Wildman–Crippen LogP) is 0.450. The second-order valence-corrected chi connectivity index (χ2v) is 6.05. The third-order valence-electron chi connectivity index (χ3n) is 3.79. The highest BCUT2D eigenvalue weighted by Crippen LogP contribution is 2.07. The van der Waals surface area contributed by atoms with Crippen molar-refractivity contribution in [2.75, 3.05) is 13.1 Å². The molecule has 0 saturated heterocycles. The van der Waals surface area contributed by atoms with E-state index in [1.54, 1.807) is 0 Å². The van der Waals surface area contributed by atoms with Gasteiger partial charge in [-0.15, -0.1) is 0 Å². The van der Waals surface area contributed by atoms with Crippen LogP contribution in [0.25, 0.3) is 0 Å². The molecular weight excluding hydrogens is 401 g/mol. The van der Waals surface area contributed by atoms with E-state index in [1.807, 2.05) is 0 Å². The van der Waals surface area contributed by atoms with Gasteiger partial charge in [0.1, 0.15) is 12.4 Å². The molecule has 1 aromatic carbocycles. The molecule has 3 rings (SSSR count). The first-order valence-electron chi connectivity index (χ1n) is 8.70. The van der Waals surface area contributed by atoms with Crippen molar-refractivity contribution in [2.45, 2.75) is 13.0 Å². The van der Waals surface area contributed by atoms with Crippen molar-refractivity contribution in [3.63, 3.8) is 0 Å². The third kappa shape index (κ3) is 5.67. The molecule has 3 aromatic rings. The molecule has 0 atom stereocenters. The van der Waals surface area contributed by atoms with Crippen molar-refractivity contribution in [1.29, 1.82) is 0 Å². The summed E-state index contributed by atoms with van der Waals surface area (Å²) < 4.78 is 18.9. The van der Waals surface area contributed by atoms with Crippen LogP contribution in [-0.4, -0.2) is 49.7 Å². The molecule has 30 heavy (non-hydrogen) atoms. The maximum absolute atomic E-state index is 12.8. The van der Waals surface area contributed by atoms with Crippen LogP contribution in [0.1, 0.15) is 22.1 Å². The molecule has 12 nitrogen and oxygen atoms in total. The normalized spacial score (nSPS) is 10.6. The number of carbonyl (C=O) groups excluding carboxylic acids is 2. The topological polar surface area (TPSA) is 158 Å². The molecule has 2 heterocycles. The molecule has 156 valence electrons. The van der Waals surface area contributed by atoms with Crippen LogP contribution in [0.4, 0.5) is 10.2 Å². The third-order valence-corrected chi connectivity index (χ3v) is 3.79. The highest BCUT2D eigenvalue weighted by atomic mass is 19.1. The number of benzene rings is 1. The standard InChI is InChI=1S/C17H16FN7O5/c18-12-3-1-11(2-4-12)9-15(26)19-6-7-20-16(27)17-21-13(23-30-17)10-24-8-5-14(22-24)25(28)29/h1-5,8H,6-7,9-10H2,(H,19,26)(H,20,27). The predicted molar refractivity (Wildman–Crippen MR) is 97.7 cm³/mol. The van der Waals surface area contributed by atoms with Gasteiger partial charge in [-0.25, -0.2) is 4.39 Å². The maximum Gasteiger partial charge on any atom is 0.389 e. The van der Waals surface area contributed by atoms with Crippen molar-refractivity contribution in [1.82, 2.24) is 30.6 Å². The average molecular weight is 417 g/mol. The van der Waals surface area contributed by atoms with E-state index < -0.39 is 10.8 Å². The van der Waals surface area contributed by atoms with Crippen LogP contribution in [0.3, 0.4) is 0 Å². The molecule has 0 spiro atoms. The van der Waals surface area contributed by atoms with E-state index in [2.05, 4.69) is 25.9 Å². The Kier molecular flexibility index (Phi) is 6.42. The Labute approximate surface area is 168 Å². The Morgan fingerprint density at radius 2 is 1.90 bits per heavy atom. The fraction of sp³-hybridized carbons (Fsp3) is 0.235. The van der Waals surface area contributed by atoms with Gasteiger partial charge in [0.2, 0.25) is 5.91 Å². The van der Waals surface area contributed by atoms with Gasteiger partial charge in [-0.1, -0.05) is 17.3 Å². The molecule has 2 aromatic heterocycles. The highest BCUT2D eigenvalue weighted by Gasteiger charge is 2.17. The molecular formula is C17H16FN7O5. The molecule has 0 fully saturated rings. The van der Waals surface area contributed by atoms with Gasteiger partial charge in [0.25, 0.3) is 0 Å². The summed E-state index contributed by atoms with van der Waals surface area (Å²) in [6.07, 6.45) is 1.47. The number of nitrogens with one attached hydrogen (secondary N) is 2. The summed E-state index contributed by atoms with van der Waals surface area (Å²) in [5, 5.41) is 23.1. The molecule has 0 aliphatic rings. The second kappa shape index (κ2) is 9.36. The zero-order valence-corrected chi connectivity index (χ0v) is 15.4. The first-order valence-corrected chi connectivity index (χ1v) is 8.70. The van der Waals surface area contributed by atoms with Crippen molar-refractivity contribution in [3.8, 4) is 0 Å². The number of hydrogen-bond donors (Lipinski definition) is 2. The number of nitrogens with zero attached hydrogens (tertiary/aromatic N) is 5. The van der Waals surface area contributed by atoms with E-state index in [0.29, 0.717) is 5.56 Å². The van der Waals surface area contributed by atoms with Crippen LogP contribution in [0.5, 0.6) is 0 Å². The lowest BCUT2D eigenvalue weighted by atomic mass is 10.1. The van der Waals surface area contributed by atoms with E-state index >= 15 is 0 Å². The lowest BCUT2D eigenvalue weighted by Crippen LogP contribution is -2.35. The van der Waals surface area contributed by atoms with E-state index in [-0.39, 0.29) is 55.3 Å². The smallest absolute Gasteiger partial charge is 0.358 e. The molecule has 0 saturated carbocycles. The van der Waals surface area contributed by atoms with Crippen molar-refractivity contribution in [3.05, 3.63) is 69.7 Å². The quantitative estimate of drug-likeness (QED) is 0.288. The van der Waals surface area contributed by atoms with Crippen molar-refractivity contribution < 1.29 is 23.4 Å². The van der Waals surface area contributed by atoms with Gasteiger partial charge >= 0.3 is 17.6 Å². The van der Waals surface area contributed by atoms with Crippen molar-refractivity contribution >= 4 is 17.6 Å². The monoisotopic (exact) mass is 417 g/mol. The zero-order valence-electron chi connectivity index (χ0n) is 15.4. The fourth-order valence-electron chi connectivity index (χ4n) is 2.40. The molecule has 0 aliphatic heterocycles. The molecule has 0 radical (unpaired) electrons. The van der Waals surface area contributed by atoms with Gasteiger partial charge in [-0.05, 0) is 22.6 Å². The summed E-state index contributed by atoms with van der Waals surface area (Å²) in [5.74, 6) is -1.78. The largest absolute Gasteiger partial charge is 0.389 e. The van der Waals surface area contributed by atoms with Gasteiger partial charge in [0.15, 0.2) is 5.82 Å². The van der Waals surface area contributed by atoms with E-state index in [4.69, 9.17) is 4.52 Å². The highest BCUT2D eigenvalue weighted by molar-refractivity contribution is 5.89. The Hall–Kier alpha value is -4.16. The number of aromatic nitrogens is 4. The van der Waals surface area contributed by atoms with Crippen LogP contribution in [0, 0.1) is 15.9 Å². The summed E-state index contributed by atoms with van der Waals surface area (Å²) in [6.45, 7) is 0.283. The molecule has 0 unspecified atom stereocenters. The molecule has 2 N–H and O–H groups in total. The van der Waals surface area contributed by atoms with Crippen LogP contribution in [-0.2, 0) is 17.8 Å². The summed E-state index contributed by atoms with van der Waals surface area (Å²) in [5.41, 5.74) is 0.666. The first kappa shape index (κ1) is 20.6. The molecule has 0 bridgehead atoms. The van der Waals surface area contributed by atoms with Gasteiger partial charge in [-0.2, -0.15) is 9.67 Å². The lowest BCUT2D eigenvalue weighted by molar-refractivity contribution is -0.389.